The smallest absolute Gasteiger partial charge is 0.0945 e. The van der Waals surface area contributed by atoms with Gasteiger partial charge in [0.25, 0.3) is 0 Å². The van der Waals surface area contributed by atoms with Crippen molar-refractivity contribution < 1.29 is 17.5 Å². The van der Waals surface area contributed by atoms with Crippen molar-refractivity contribution in [1.29, 1.82) is 0 Å². The molecule has 33 heavy (non-hydrogen) atoms. The lowest BCUT2D eigenvalue weighted by molar-refractivity contribution is -0.910. The van der Waals surface area contributed by atoms with Gasteiger partial charge in [-0.25, -0.2) is 8.42 Å². The lowest BCUT2D eigenvalue weighted by Crippen LogP contribution is -2.46. The summed E-state index contributed by atoms with van der Waals surface area (Å²) in [6.07, 6.45) is 26.3. The van der Waals surface area contributed by atoms with Crippen molar-refractivity contribution in [2.75, 3.05) is 32.4 Å². The predicted molar refractivity (Wildman–Crippen MR) is 146 cm³/mol. The first kappa shape index (κ1) is 35.0. The van der Waals surface area contributed by atoms with Gasteiger partial charge in [-0.1, -0.05) is 105 Å². The Bertz CT molecular complexity index is 439. The molecule has 0 aromatic carbocycles. The van der Waals surface area contributed by atoms with Crippen molar-refractivity contribution in [3.05, 3.63) is 0 Å². The fraction of sp³-hybridized carbons (Fsp3) is 1.00. The summed E-state index contributed by atoms with van der Waals surface area (Å²) < 4.78 is 30.4. The Hall–Kier alpha value is -0.130. The second-order valence-electron chi connectivity index (χ2n) is 10.4. The summed E-state index contributed by atoms with van der Waals surface area (Å²) in [5, 5.41) is 0. The quantitative estimate of drug-likeness (QED) is 0.0818. The molecule has 0 saturated carbocycles. The van der Waals surface area contributed by atoms with E-state index in [-0.39, 0.29) is 5.75 Å². The summed E-state index contributed by atoms with van der Waals surface area (Å²) >= 11 is 0. The van der Waals surface area contributed by atoms with E-state index in [0.29, 0.717) is 6.42 Å². The van der Waals surface area contributed by atoms with Crippen molar-refractivity contribution >= 4 is 10.1 Å². The maximum absolute atomic E-state index is 9.68. The van der Waals surface area contributed by atoms with Crippen LogP contribution in [0.5, 0.6) is 0 Å². The molecule has 4 nitrogen and oxygen atoms in total. The van der Waals surface area contributed by atoms with Crippen LogP contribution in [0.25, 0.3) is 0 Å². The number of hydrogen-bond donors (Lipinski definition) is 0. The highest BCUT2D eigenvalue weighted by molar-refractivity contribution is 7.85. The predicted octanol–water partition coefficient (Wildman–Crippen LogP) is 8.46. The molecule has 0 bridgehead atoms. The van der Waals surface area contributed by atoms with Crippen LogP contribution >= 0.6 is 0 Å². The summed E-state index contributed by atoms with van der Waals surface area (Å²) in [7, 11) is -1.36. The van der Waals surface area contributed by atoms with Crippen LogP contribution in [-0.2, 0) is 10.1 Å². The first-order chi connectivity index (χ1) is 15.7. The van der Waals surface area contributed by atoms with Crippen molar-refractivity contribution in [2.45, 2.75) is 150 Å². The standard InChI is InChI=1S/C25H54N.C3H8O3S/c1-5-8-11-14-17-20-23-26(4,24-21-18-15-12-9-6-2)25-22-19-16-13-10-7-3;1-2-3-7(4,5)6/h5-25H2,1-4H3;2-3H2,1H3,(H,4,5,6)/q+1;/p-1. The molecule has 0 atom stereocenters. The van der Waals surface area contributed by atoms with Crippen molar-refractivity contribution in [3.8, 4) is 0 Å². The topological polar surface area (TPSA) is 57.2 Å². The van der Waals surface area contributed by atoms with Crippen LogP contribution in [0.3, 0.4) is 0 Å². The van der Waals surface area contributed by atoms with Gasteiger partial charge >= 0.3 is 0 Å². The summed E-state index contributed by atoms with van der Waals surface area (Å²) in [5.41, 5.74) is 0. The number of rotatable bonds is 23. The highest BCUT2D eigenvalue weighted by atomic mass is 32.2. The zero-order chi connectivity index (χ0) is 25.3. The molecule has 0 N–H and O–H groups in total. The molecule has 0 amide bonds. The van der Waals surface area contributed by atoms with Crippen LogP contribution in [0.15, 0.2) is 0 Å². The molecule has 0 rings (SSSR count). The third-order valence-corrected chi connectivity index (χ3v) is 7.52. The van der Waals surface area contributed by atoms with Crippen LogP contribution in [0.4, 0.5) is 0 Å². The highest BCUT2D eigenvalue weighted by Gasteiger charge is 2.20. The van der Waals surface area contributed by atoms with Gasteiger partial charge in [0.05, 0.1) is 36.8 Å². The summed E-state index contributed by atoms with van der Waals surface area (Å²) in [4.78, 5) is 0. The van der Waals surface area contributed by atoms with Crippen molar-refractivity contribution in [1.82, 2.24) is 0 Å². The van der Waals surface area contributed by atoms with E-state index in [4.69, 9.17) is 0 Å². The fourth-order valence-corrected chi connectivity index (χ4v) is 4.91. The summed E-state index contributed by atoms with van der Waals surface area (Å²) in [6, 6.07) is 0. The Balaban J connectivity index is 0. The zero-order valence-electron chi connectivity index (χ0n) is 23.3. The minimum absolute atomic E-state index is 0.243. The van der Waals surface area contributed by atoms with Gasteiger partial charge in [0.1, 0.15) is 0 Å². The van der Waals surface area contributed by atoms with Crippen LogP contribution in [0.1, 0.15) is 150 Å². The molecule has 0 aliphatic heterocycles. The monoisotopic (exact) mass is 491 g/mol. The summed E-state index contributed by atoms with van der Waals surface area (Å²) in [6.45, 7) is 12.9. The number of nitrogens with zero attached hydrogens (tertiary/aromatic N) is 1. The minimum Gasteiger partial charge on any atom is -0.748 e. The lowest BCUT2D eigenvalue weighted by atomic mass is 10.1. The highest BCUT2D eigenvalue weighted by Crippen LogP contribution is 2.16. The number of quaternary nitrogens is 1. The van der Waals surface area contributed by atoms with Gasteiger partial charge < -0.3 is 9.04 Å². The molecule has 0 aromatic rings. The lowest BCUT2D eigenvalue weighted by Gasteiger charge is -2.35. The summed E-state index contributed by atoms with van der Waals surface area (Å²) in [5.74, 6) is -0.243. The van der Waals surface area contributed by atoms with Gasteiger partial charge in [-0.2, -0.15) is 0 Å². The Labute approximate surface area is 209 Å². The molecule has 5 heteroatoms. The average molecular weight is 492 g/mol. The van der Waals surface area contributed by atoms with Gasteiger partial charge in [-0.05, 0) is 44.9 Å². The average Bonchev–Trinajstić information content (AvgIpc) is 2.75. The first-order valence-corrected chi connectivity index (χ1v) is 16.1. The molecule has 0 saturated heterocycles. The van der Waals surface area contributed by atoms with E-state index in [1.54, 1.807) is 6.92 Å². The molecular weight excluding hydrogens is 430 g/mol. The van der Waals surface area contributed by atoms with Gasteiger partial charge in [-0.15, -0.1) is 0 Å². The van der Waals surface area contributed by atoms with Crippen LogP contribution in [0.2, 0.25) is 0 Å². The molecule has 0 radical (unpaired) electrons. The van der Waals surface area contributed by atoms with Crippen molar-refractivity contribution in [2.24, 2.45) is 0 Å². The fourth-order valence-electron chi connectivity index (χ4n) is 4.41. The normalized spacial score (nSPS) is 11.9. The van der Waals surface area contributed by atoms with Crippen LogP contribution < -0.4 is 0 Å². The molecule has 0 aliphatic carbocycles. The molecule has 0 spiro atoms. The second kappa shape index (κ2) is 25.0. The largest absolute Gasteiger partial charge is 0.748 e. The number of hydrogen-bond acceptors (Lipinski definition) is 3. The first-order valence-electron chi connectivity index (χ1n) is 14.5. The SMILES string of the molecule is CCCCCCCC[N+](C)(CCCCCCCC)CCCCCCCC.CCCS(=O)(=O)[O-]. The maximum atomic E-state index is 9.68. The Morgan fingerprint density at radius 1 is 0.485 bits per heavy atom. The third-order valence-electron chi connectivity index (χ3n) is 6.61. The van der Waals surface area contributed by atoms with E-state index in [2.05, 4.69) is 27.8 Å². The second-order valence-corrected chi connectivity index (χ2v) is 11.9. The van der Waals surface area contributed by atoms with E-state index < -0.39 is 10.1 Å². The van der Waals surface area contributed by atoms with E-state index >= 15 is 0 Å². The van der Waals surface area contributed by atoms with Crippen molar-refractivity contribution in [3.63, 3.8) is 0 Å². The van der Waals surface area contributed by atoms with Gasteiger partial charge in [-0.3, -0.25) is 0 Å². The zero-order valence-corrected chi connectivity index (χ0v) is 24.2. The Morgan fingerprint density at radius 3 is 0.970 bits per heavy atom. The van der Waals surface area contributed by atoms with Gasteiger partial charge in [0.2, 0.25) is 0 Å². The molecule has 0 fully saturated rings. The Kier molecular flexibility index (Phi) is 26.5. The molecule has 0 heterocycles. The maximum Gasteiger partial charge on any atom is 0.0945 e. The third kappa shape index (κ3) is 29.8. The van der Waals surface area contributed by atoms with Crippen LogP contribution in [-0.4, -0.2) is 49.9 Å². The van der Waals surface area contributed by atoms with Crippen LogP contribution in [0, 0.1) is 0 Å². The van der Waals surface area contributed by atoms with E-state index in [9.17, 15) is 13.0 Å². The Morgan fingerprint density at radius 2 is 0.758 bits per heavy atom. The molecule has 0 unspecified atom stereocenters. The molecular formula is C28H61NO3S. The van der Waals surface area contributed by atoms with E-state index in [1.807, 2.05) is 0 Å². The van der Waals surface area contributed by atoms with E-state index in [1.165, 1.54) is 140 Å². The van der Waals surface area contributed by atoms with Gasteiger partial charge in [0, 0.05) is 5.75 Å². The molecule has 0 aliphatic rings. The van der Waals surface area contributed by atoms with Gasteiger partial charge in [0.15, 0.2) is 0 Å². The molecule has 202 valence electrons. The molecule has 0 aromatic heterocycles. The number of unbranched alkanes of at least 4 members (excludes halogenated alkanes) is 15. The van der Waals surface area contributed by atoms with E-state index in [0.717, 1.165) is 0 Å². The minimum atomic E-state index is -3.92.